The molecule has 3 rings (SSSR count). The first-order valence-corrected chi connectivity index (χ1v) is 9.71. The monoisotopic (exact) mass is 413 g/mol. The number of urea groups is 1. The molecule has 1 aromatic heterocycles. The Labute approximate surface area is 173 Å². The van der Waals surface area contributed by atoms with E-state index < -0.39 is 17.9 Å². The van der Waals surface area contributed by atoms with Gasteiger partial charge < -0.3 is 14.5 Å². The molecule has 1 N–H and O–H groups in total. The third-order valence-corrected chi connectivity index (χ3v) is 4.82. The van der Waals surface area contributed by atoms with Crippen LogP contribution in [0.3, 0.4) is 0 Å². The lowest BCUT2D eigenvalue weighted by Gasteiger charge is -2.28. The Balaban J connectivity index is 1.42. The number of aliphatic imine (C=N–C) groups is 1. The summed E-state index contributed by atoms with van der Waals surface area (Å²) in [6.07, 6.45) is 8.28. The van der Waals surface area contributed by atoms with Gasteiger partial charge in [0.2, 0.25) is 11.8 Å². The molecule has 9 nitrogen and oxygen atoms in total. The number of esters is 1. The standard InChI is InChI=1S/C21H23N3O6/c1-29-20(27)14-8-9-16-17(12-14)23-21(28)24(19(16)26)10-4-2-3-7-18(25)22-13-15-6-5-11-30-15/h5-6,8-9,11-12,16H,2-4,7,10,13H2,1H3,(H,22,25). The van der Waals surface area contributed by atoms with E-state index in [4.69, 9.17) is 4.42 Å². The summed E-state index contributed by atoms with van der Waals surface area (Å²) in [6, 6.07) is 2.90. The van der Waals surface area contributed by atoms with Gasteiger partial charge in [-0.05, 0) is 31.1 Å². The van der Waals surface area contributed by atoms with Gasteiger partial charge in [0.25, 0.3) is 0 Å². The van der Waals surface area contributed by atoms with Crippen LogP contribution in [0.4, 0.5) is 4.79 Å². The predicted molar refractivity (Wildman–Crippen MR) is 106 cm³/mol. The summed E-state index contributed by atoms with van der Waals surface area (Å²) in [5.74, 6) is -0.981. The number of ether oxygens (including phenoxy) is 1. The second-order valence-corrected chi connectivity index (χ2v) is 6.90. The zero-order valence-electron chi connectivity index (χ0n) is 16.6. The topological polar surface area (TPSA) is 118 Å². The van der Waals surface area contributed by atoms with Gasteiger partial charge in [-0.15, -0.1) is 0 Å². The molecule has 0 saturated carbocycles. The van der Waals surface area contributed by atoms with Crippen molar-refractivity contribution in [3.8, 4) is 0 Å². The van der Waals surface area contributed by atoms with Crippen LogP contribution in [-0.2, 0) is 25.7 Å². The minimum atomic E-state index is -0.677. The number of nitrogens with one attached hydrogen (secondary N) is 1. The fourth-order valence-corrected chi connectivity index (χ4v) is 3.21. The quantitative estimate of drug-likeness (QED) is 0.489. The highest BCUT2D eigenvalue weighted by molar-refractivity contribution is 6.23. The fraction of sp³-hybridized carbons (Fsp3) is 0.381. The SMILES string of the molecule is COC(=O)C1=CC2=NC(=O)N(CCCCCC(=O)NCc3ccco3)C(=O)C2C=C1. The van der Waals surface area contributed by atoms with Crippen LogP contribution < -0.4 is 5.32 Å². The largest absolute Gasteiger partial charge is 0.467 e. The number of carbonyl (C=O) groups excluding carboxylic acids is 4. The van der Waals surface area contributed by atoms with Crippen LogP contribution in [-0.4, -0.2) is 48.1 Å². The second kappa shape index (κ2) is 9.82. The van der Waals surface area contributed by atoms with Gasteiger partial charge in [0.1, 0.15) is 5.76 Å². The number of allylic oxidation sites excluding steroid dienone is 1. The number of rotatable bonds is 9. The first-order valence-electron chi connectivity index (χ1n) is 9.71. The van der Waals surface area contributed by atoms with Crippen molar-refractivity contribution >= 4 is 29.5 Å². The molecule has 0 aromatic carbocycles. The summed E-state index contributed by atoms with van der Waals surface area (Å²) >= 11 is 0. The molecule has 2 aliphatic rings. The molecule has 30 heavy (non-hydrogen) atoms. The molecule has 0 fully saturated rings. The minimum Gasteiger partial charge on any atom is -0.467 e. The summed E-state index contributed by atoms with van der Waals surface area (Å²) in [7, 11) is 1.26. The van der Waals surface area contributed by atoms with Gasteiger partial charge >= 0.3 is 12.0 Å². The third kappa shape index (κ3) is 5.11. The van der Waals surface area contributed by atoms with Crippen molar-refractivity contribution in [3.05, 3.63) is 48.0 Å². The Morgan fingerprint density at radius 3 is 2.83 bits per heavy atom. The fourth-order valence-electron chi connectivity index (χ4n) is 3.21. The Bertz CT molecular complexity index is 913. The molecule has 0 saturated heterocycles. The number of hydrogen-bond acceptors (Lipinski definition) is 6. The number of fused-ring (bicyclic) bond motifs is 1. The number of hydrogen-bond donors (Lipinski definition) is 1. The number of furan rings is 1. The van der Waals surface area contributed by atoms with Crippen LogP contribution >= 0.6 is 0 Å². The number of amides is 4. The first-order chi connectivity index (χ1) is 14.5. The summed E-state index contributed by atoms with van der Waals surface area (Å²) in [4.78, 5) is 53.4. The van der Waals surface area contributed by atoms with Crippen molar-refractivity contribution in [2.75, 3.05) is 13.7 Å². The molecule has 158 valence electrons. The van der Waals surface area contributed by atoms with E-state index in [9.17, 15) is 19.2 Å². The van der Waals surface area contributed by atoms with Crippen LogP contribution in [0.1, 0.15) is 31.4 Å². The number of imide groups is 1. The van der Waals surface area contributed by atoms with Crippen molar-refractivity contribution in [1.29, 1.82) is 0 Å². The molecule has 1 aliphatic carbocycles. The maximum atomic E-state index is 12.6. The molecule has 9 heteroatoms. The average Bonchev–Trinajstić information content (AvgIpc) is 3.26. The number of methoxy groups -OCH3 is 1. The van der Waals surface area contributed by atoms with E-state index in [1.807, 2.05) is 0 Å². The molecular formula is C21H23N3O6. The molecule has 1 aliphatic heterocycles. The van der Waals surface area contributed by atoms with E-state index in [-0.39, 0.29) is 29.6 Å². The van der Waals surface area contributed by atoms with Crippen LogP contribution in [0.5, 0.6) is 0 Å². The van der Waals surface area contributed by atoms with Crippen LogP contribution in [0.15, 0.2) is 51.6 Å². The van der Waals surface area contributed by atoms with Crippen LogP contribution in [0, 0.1) is 5.92 Å². The van der Waals surface area contributed by atoms with E-state index in [0.29, 0.717) is 38.0 Å². The van der Waals surface area contributed by atoms with Gasteiger partial charge in [-0.3, -0.25) is 14.5 Å². The van der Waals surface area contributed by atoms with Crippen molar-refractivity contribution in [1.82, 2.24) is 10.2 Å². The maximum Gasteiger partial charge on any atom is 0.350 e. The van der Waals surface area contributed by atoms with Gasteiger partial charge in [-0.25, -0.2) is 9.59 Å². The first kappa shape index (κ1) is 21.2. The summed E-state index contributed by atoms with van der Waals surface area (Å²) < 4.78 is 9.79. The van der Waals surface area contributed by atoms with Gasteiger partial charge in [-0.2, -0.15) is 4.99 Å². The highest BCUT2D eigenvalue weighted by atomic mass is 16.5. The molecule has 1 aromatic rings. The minimum absolute atomic E-state index is 0.0775. The van der Waals surface area contributed by atoms with Crippen LogP contribution in [0.25, 0.3) is 0 Å². The van der Waals surface area contributed by atoms with Crippen LogP contribution in [0.2, 0.25) is 0 Å². The summed E-state index contributed by atoms with van der Waals surface area (Å²) in [6.45, 7) is 0.588. The van der Waals surface area contributed by atoms with E-state index in [0.717, 1.165) is 4.90 Å². The van der Waals surface area contributed by atoms with Crippen molar-refractivity contribution in [2.24, 2.45) is 10.9 Å². The molecule has 0 radical (unpaired) electrons. The van der Waals surface area contributed by atoms with Gasteiger partial charge in [-0.1, -0.05) is 18.6 Å². The van der Waals surface area contributed by atoms with Crippen molar-refractivity contribution in [3.63, 3.8) is 0 Å². The summed E-state index contributed by atoms with van der Waals surface area (Å²) in [5.41, 5.74) is 0.490. The molecule has 0 spiro atoms. The summed E-state index contributed by atoms with van der Waals surface area (Å²) in [5, 5.41) is 2.77. The maximum absolute atomic E-state index is 12.6. The lowest BCUT2D eigenvalue weighted by molar-refractivity contribution is -0.136. The Morgan fingerprint density at radius 1 is 1.27 bits per heavy atom. The third-order valence-electron chi connectivity index (χ3n) is 4.82. The molecular weight excluding hydrogens is 390 g/mol. The Kier molecular flexibility index (Phi) is 6.95. The molecule has 0 bridgehead atoms. The average molecular weight is 413 g/mol. The smallest absolute Gasteiger partial charge is 0.350 e. The molecule has 4 amide bonds. The lowest BCUT2D eigenvalue weighted by atomic mass is 9.92. The van der Waals surface area contributed by atoms with E-state index >= 15 is 0 Å². The number of carbonyl (C=O) groups is 4. The zero-order valence-corrected chi connectivity index (χ0v) is 16.6. The van der Waals surface area contributed by atoms with Crippen molar-refractivity contribution in [2.45, 2.75) is 32.2 Å². The predicted octanol–water partition coefficient (Wildman–Crippen LogP) is 2.14. The van der Waals surface area contributed by atoms with Gasteiger partial charge in [0, 0.05) is 13.0 Å². The lowest BCUT2D eigenvalue weighted by Crippen LogP contribution is -2.46. The van der Waals surface area contributed by atoms with E-state index in [1.54, 1.807) is 24.5 Å². The Morgan fingerprint density at radius 2 is 2.10 bits per heavy atom. The normalized spacial score (nSPS) is 17.9. The Hall–Kier alpha value is -3.49. The zero-order chi connectivity index (χ0) is 21.5. The van der Waals surface area contributed by atoms with Gasteiger partial charge in [0.15, 0.2) is 0 Å². The highest BCUT2D eigenvalue weighted by Gasteiger charge is 2.36. The number of unbranched alkanes of at least 4 members (excludes halogenated alkanes) is 2. The second-order valence-electron chi connectivity index (χ2n) is 6.90. The molecule has 1 atom stereocenters. The number of nitrogens with zero attached hydrogens (tertiary/aromatic N) is 2. The van der Waals surface area contributed by atoms with E-state index in [2.05, 4.69) is 15.0 Å². The van der Waals surface area contributed by atoms with E-state index in [1.165, 1.54) is 19.3 Å². The molecule has 2 heterocycles. The van der Waals surface area contributed by atoms with Crippen molar-refractivity contribution < 1.29 is 28.3 Å². The molecule has 1 unspecified atom stereocenters. The highest BCUT2D eigenvalue weighted by Crippen LogP contribution is 2.23. The van der Waals surface area contributed by atoms with Gasteiger partial charge in [0.05, 0.1) is 37.1 Å².